The summed E-state index contributed by atoms with van der Waals surface area (Å²) in [6, 6.07) is 6.89. The fourth-order valence-electron chi connectivity index (χ4n) is 2.91. The molecule has 0 radical (unpaired) electrons. The maximum atomic E-state index is 13.2. The van der Waals surface area contributed by atoms with E-state index in [-0.39, 0.29) is 5.16 Å². The van der Waals surface area contributed by atoms with Crippen molar-refractivity contribution in [3.63, 3.8) is 0 Å². The summed E-state index contributed by atoms with van der Waals surface area (Å²) in [7, 11) is 3.16. The smallest absolute Gasteiger partial charge is 0.343 e. The molecule has 0 amide bonds. The van der Waals surface area contributed by atoms with Crippen molar-refractivity contribution in [2.75, 3.05) is 27.0 Å². The maximum Gasteiger partial charge on any atom is 0.343 e. The topological polar surface area (TPSA) is 70.5 Å². The number of rotatable bonds is 7. The van der Waals surface area contributed by atoms with Gasteiger partial charge in [-0.2, -0.15) is 9.97 Å². The largest absolute Gasteiger partial charge is 0.609 e. The Morgan fingerprint density at radius 3 is 2.59 bits per heavy atom. The Kier molecular flexibility index (Phi) is 6.71. The van der Waals surface area contributed by atoms with Gasteiger partial charge in [-0.25, -0.2) is 8.78 Å². The molecule has 1 aromatic heterocycles. The van der Waals surface area contributed by atoms with Gasteiger partial charge >= 0.3 is 5.16 Å². The Balaban J connectivity index is 1.88. The number of allylic oxidation sites excluding steroid dienone is 2. The highest BCUT2D eigenvalue weighted by Crippen LogP contribution is 2.29. The molecule has 1 atom stereocenters. The third-order valence-corrected chi connectivity index (χ3v) is 4.99. The molecule has 0 saturated carbocycles. The van der Waals surface area contributed by atoms with Crippen LogP contribution in [-0.4, -0.2) is 46.4 Å². The Hall–Kier alpha value is -2.65. The van der Waals surface area contributed by atoms with Gasteiger partial charge in [0.2, 0.25) is 0 Å². The Morgan fingerprint density at radius 2 is 1.93 bits per heavy atom. The molecule has 1 unspecified atom stereocenters. The number of ether oxygens (including phenoxy) is 2. The zero-order valence-electron chi connectivity index (χ0n) is 16.3. The zero-order chi connectivity index (χ0) is 21.0. The zero-order valence-corrected chi connectivity index (χ0v) is 17.1. The summed E-state index contributed by atoms with van der Waals surface area (Å²) in [5, 5.41) is -0.107. The van der Waals surface area contributed by atoms with Crippen LogP contribution in [-0.2, 0) is 17.7 Å². The molecule has 2 aromatic rings. The van der Waals surface area contributed by atoms with Gasteiger partial charge in [0, 0.05) is 36.0 Å². The molecule has 0 aliphatic carbocycles. The number of benzene rings is 1. The first kappa shape index (κ1) is 21.1. The van der Waals surface area contributed by atoms with Crippen molar-refractivity contribution in [3.05, 3.63) is 59.6 Å². The van der Waals surface area contributed by atoms with Gasteiger partial charge in [-0.3, -0.25) is 0 Å². The van der Waals surface area contributed by atoms with Crippen LogP contribution in [0, 0.1) is 0 Å². The third-order valence-electron chi connectivity index (χ3n) is 4.29. The van der Waals surface area contributed by atoms with Crippen molar-refractivity contribution >= 4 is 16.7 Å². The molecule has 0 fully saturated rings. The van der Waals surface area contributed by atoms with Crippen LogP contribution < -0.4 is 9.47 Å². The minimum Gasteiger partial charge on any atom is -0.609 e. The van der Waals surface area contributed by atoms with Gasteiger partial charge in [-0.1, -0.05) is 18.2 Å². The van der Waals surface area contributed by atoms with Gasteiger partial charge in [0.15, 0.2) is 11.5 Å². The Labute approximate surface area is 171 Å². The number of nitrogens with zero attached hydrogens (tertiary/aromatic N) is 3. The highest BCUT2D eigenvalue weighted by Gasteiger charge is 2.20. The average Bonchev–Trinajstić information content (AvgIpc) is 2.73. The Bertz CT molecular complexity index is 909. The molecule has 9 heteroatoms. The second-order valence-electron chi connectivity index (χ2n) is 6.32. The molecule has 0 bridgehead atoms. The normalized spacial score (nSPS) is 14.7. The number of halogens is 2. The highest BCUT2D eigenvalue weighted by atomic mass is 32.2. The van der Waals surface area contributed by atoms with Crippen molar-refractivity contribution in [2.24, 2.45) is 0 Å². The predicted molar refractivity (Wildman–Crippen MR) is 106 cm³/mol. The lowest BCUT2D eigenvalue weighted by molar-refractivity contribution is 0.145. The van der Waals surface area contributed by atoms with Crippen molar-refractivity contribution in [3.8, 4) is 11.5 Å². The molecule has 1 aliphatic rings. The molecule has 1 aromatic carbocycles. The lowest BCUT2D eigenvalue weighted by atomic mass is 10.1. The van der Waals surface area contributed by atoms with Crippen LogP contribution in [0.3, 0.4) is 0 Å². The van der Waals surface area contributed by atoms with E-state index in [0.29, 0.717) is 35.9 Å². The first-order valence-corrected chi connectivity index (χ1v) is 10.3. The van der Waals surface area contributed by atoms with E-state index in [4.69, 9.17) is 9.47 Å². The summed E-state index contributed by atoms with van der Waals surface area (Å²) in [4.78, 5) is 9.92. The molecule has 154 valence electrons. The summed E-state index contributed by atoms with van der Waals surface area (Å²) in [6.07, 6.45) is 4.17. The number of aromatic nitrogens is 2. The Morgan fingerprint density at radius 1 is 1.17 bits per heavy atom. The van der Waals surface area contributed by atoms with Crippen LogP contribution in [0.5, 0.6) is 11.5 Å². The molecule has 0 spiro atoms. The summed E-state index contributed by atoms with van der Waals surface area (Å²) < 4.78 is 48.7. The average molecular weight is 421 g/mol. The fourth-order valence-corrected chi connectivity index (χ4v) is 3.37. The van der Waals surface area contributed by atoms with E-state index in [0.717, 1.165) is 5.56 Å². The minimum absolute atomic E-state index is 0.107. The first-order chi connectivity index (χ1) is 13.9. The molecule has 2 heterocycles. The van der Waals surface area contributed by atoms with Crippen molar-refractivity contribution < 1.29 is 22.8 Å². The van der Waals surface area contributed by atoms with E-state index in [2.05, 4.69) is 9.97 Å². The standard InChI is InChI=1S/C20H21F2N3O3S/c1-27-17-7-6-13(9-18(17)28-2)11-25-8-4-5-14(12-25)15-10-16(19(21)22)24-20(23-15)29(3)26/h4-7,9-10,12,19H,8,11H2,1-3H3. The van der Waals surface area contributed by atoms with E-state index in [1.165, 1.54) is 12.3 Å². The van der Waals surface area contributed by atoms with Crippen molar-refractivity contribution in [1.82, 2.24) is 14.9 Å². The van der Waals surface area contributed by atoms with Crippen LogP contribution in [0.2, 0.25) is 0 Å². The highest BCUT2D eigenvalue weighted by molar-refractivity contribution is 7.90. The summed E-state index contributed by atoms with van der Waals surface area (Å²) >= 11 is -1.56. The van der Waals surface area contributed by atoms with Crippen LogP contribution in [0.25, 0.3) is 5.57 Å². The van der Waals surface area contributed by atoms with Gasteiger partial charge in [0.1, 0.15) is 11.9 Å². The number of methoxy groups -OCH3 is 2. The molecule has 0 saturated heterocycles. The quantitative estimate of drug-likeness (QED) is 0.503. The molecule has 0 N–H and O–H groups in total. The van der Waals surface area contributed by atoms with Gasteiger partial charge in [-0.15, -0.1) is 0 Å². The van der Waals surface area contributed by atoms with Crippen molar-refractivity contribution in [1.29, 1.82) is 0 Å². The SMILES string of the molecule is COc1ccc(CN2C=C(c3cc(C(F)F)nc([S+](C)[O-])n3)C=CC2)cc1OC. The first-order valence-electron chi connectivity index (χ1n) is 8.75. The van der Waals surface area contributed by atoms with Crippen LogP contribution in [0.15, 0.2) is 47.8 Å². The number of alkyl halides is 2. The molecular formula is C20H21F2N3O3S. The number of hydrogen-bond donors (Lipinski definition) is 0. The van der Waals surface area contributed by atoms with E-state index >= 15 is 0 Å². The molecule has 3 rings (SSSR count). The summed E-state index contributed by atoms with van der Waals surface area (Å²) in [5.74, 6) is 1.28. The second kappa shape index (κ2) is 9.23. The molecular weight excluding hydrogens is 400 g/mol. The molecule has 1 aliphatic heterocycles. The van der Waals surface area contributed by atoms with Crippen LogP contribution in [0.4, 0.5) is 8.78 Å². The van der Waals surface area contributed by atoms with Crippen LogP contribution >= 0.6 is 0 Å². The fraction of sp³-hybridized carbons (Fsp3) is 0.300. The lowest BCUT2D eigenvalue weighted by Gasteiger charge is -2.24. The van der Waals surface area contributed by atoms with Crippen molar-refractivity contribution in [2.45, 2.75) is 18.1 Å². The van der Waals surface area contributed by atoms with Gasteiger partial charge in [0.05, 0.1) is 19.9 Å². The predicted octanol–water partition coefficient (Wildman–Crippen LogP) is 3.58. The van der Waals surface area contributed by atoms with Crippen LogP contribution in [0.1, 0.15) is 23.4 Å². The van der Waals surface area contributed by atoms with Gasteiger partial charge in [0.25, 0.3) is 6.43 Å². The third kappa shape index (κ3) is 5.04. The lowest BCUT2D eigenvalue weighted by Crippen LogP contribution is -2.20. The summed E-state index contributed by atoms with van der Waals surface area (Å²) in [5.41, 5.74) is 1.52. The monoisotopic (exact) mass is 421 g/mol. The van der Waals surface area contributed by atoms with E-state index in [1.54, 1.807) is 14.2 Å². The van der Waals surface area contributed by atoms with E-state index in [1.807, 2.05) is 41.5 Å². The van der Waals surface area contributed by atoms with E-state index < -0.39 is 23.3 Å². The van der Waals surface area contributed by atoms with Gasteiger partial charge < -0.3 is 18.9 Å². The van der Waals surface area contributed by atoms with Gasteiger partial charge in [-0.05, 0) is 23.8 Å². The number of hydrogen-bond acceptors (Lipinski definition) is 6. The molecule has 29 heavy (non-hydrogen) atoms. The molecule has 6 nitrogen and oxygen atoms in total. The van der Waals surface area contributed by atoms with E-state index in [9.17, 15) is 13.3 Å². The second-order valence-corrected chi connectivity index (χ2v) is 7.59. The summed E-state index contributed by atoms with van der Waals surface area (Å²) in [6.45, 7) is 1.23. The minimum atomic E-state index is -2.77. The maximum absolute atomic E-state index is 13.2.